The molecular weight excluding hydrogens is 387 g/mol. The summed E-state index contributed by atoms with van der Waals surface area (Å²) in [4.78, 5) is 0. The summed E-state index contributed by atoms with van der Waals surface area (Å²) >= 11 is 8.20. The summed E-state index contributed by atoms with van der Waals surface area (Å²) in [5.74, 6) is 0.756. The van der Waals surface area contributed by atoms with Crippen molar-refractivity contribution in [2.75, 3.05) is 11.1 Å². The molecule has 0 aliphatic carbocycles. The molecule has 106 valence electrons. The normalized spacial score (nSPS) is 10.7. The Labute approximate surface area is 137 Å². The van der Waals surface area contributed by atoms with Crippen molar-refractivity contribution in [3.63, 3.8) is 0 Å². The zero-order chi connectivity index (χ0) is 14.7. The minimum atomic E-state index is 0.111. The van der Waals surface area contributed by atoms with Gasteiger partial charge in [-0.1, -0.05) is 11.6 Å². The van der Waals surface area contributed by atoms with E-state index < -0.39 is 0 Å². The van der Waals surface area contributed by atoms with Crippen LogP contribution in [0.3, 0.4) is 0 Å². The van der Waals surface area contributed by atoms with Crippen LogP contribution in [0.5, 0.6) is 5.75 Å². The molecule has 0 fully saturated rings. The number of nitrogens with one attached hydrogen (secondary N) is 1. The van der Waals surface area contributed by atoms with Crippen molar-refractivity contribution in [3.8, 4) is 5.75 Å². The molecule has 3 N–H and O–H groups in total. The predicted octanol–water partition coefficient (Wildman–Crippen LogP) is 5.06. The summed E-state index contributed by atoms with van der Waals surface area (Å²) in [6.45, 7) is 3.97. The quantitative estimate of drug-likeness (QED) is 0.555. The zero-order valence-electron chi connectivity index (χ0n) is 11.3. The van der Waals surface area contributed by atoms with E-state index in [9.17, 15) is 0 Å². The summed E-state index contributed by atoms with van der Waals surface area (Å²) in [6, 6.07) is 11.3. The van der Waals surface area contributed by atoms with Gasteiger partial charge in [-0.05, 0) is 60.7 Å². The molecule has 0 unspecified atom stereocenters. The summed E-state index contributed by atoms with van der Waals surface area (Å²) in [5.41, 5.74) is 8.44. The molecule has 0 aliphatic heterocycles. The lowest BCUT2D eigenvalue weighted by atomic mass is 10.2. The maximum atomic E-state index is 5.96. The fourth-order valence-electron chi connectivity index (χ4n) is 1.78. The first kappa shape index (κ1) is 15.3. The van der Waals surface area contributed by atoms with Gasteiger partial charge in [0.05, 0.1) is 11.8 Å². The fraction of sp³-hybridized carbons (Fsp3) is 0.200. The van der Waals surface area contributed by atoms with Crippen LogP contribution in [0.15, 0.2) is 36.4 Å². The third kappa shape index (κ3) is 4.18. The van der Waals surface area contributed by atoms with E-state index in [0.29, 0.717) is 5.69 Å². The van der Waals surface area contributed by atoms with Crippen LogP contribution in [0.1, 0.15) is 13.8 Å². The average Bonchev–Trinajstić information content (AvgIpc) is 2.31. The summed E-state index contributed by atoms with van der Waals surface area (Å²) in [5, 5.41) is 4.05. The largest absolute Gasteiger partial charge is 0.491 e. The van der Waals surface area contributed by atoms with Gasteiger partial charge in [0.15, 0.2) is 0 Å². The Balaban J connectivity index is 2.26. The number of anilines is 3. The van der Waals surface area contributed by atoms with E-state index >= 15 is 0 Å². The summed E-state index contributed by atoms with van der Waals surface area (Å²) in [6.07, 6.45) is 0.111. The standard InChI is InChI=1S/C15H16ClIN2O/c1-9(2)20-13-7-11(18)6-12(8-13)19-15-4-3-10(16)5-14(15)17/h3-9,19H,18H2,1-2H3. The molecule has 0 saturated carbocycles. The topological polar surface area (TPSA) is 47.3 Å². The average molecular weight is 403 g/mol. The second-order valence-corrected chi connectivity index (χ2v) is 6.31. The highest BCUT2D eigenvalue weighted by molar-refractivity contribution is 14.1. The summed E-state index contributed by atoms with van der Waals surface area (Å²) in [7, 11) is 0. The van der Waals surface area contributed by atoms with Crippen molar-refractivity contribution in [3.05, 3.63) is 45.0 Å². The van der Waals surface area contributed by atoms with Gasteiger partial charge in [-0.15, -0.1) is 0 Å². The van der Waals surface area contributed by atoms with Gasteiger partial charge in [-0.3, -0.25) is 0 Å². The first-order valence-corrected chi connectivity index (χ1v) is 7.69. The van der Waals surface area contributed by atoms with E-state index in [0.717, 1.165) is 25.7 Å². The minimum absolute atomic E-state index is 0.111. The molecule has 2 aromatic rings. The van der Waals surface area contributed by atoms with E-state index in [1.807, 2.05) is 50.2 Å². The molecule has 5 heteroatoms. The highest BCUT2D eigenvalue weighted by Gasteiger charge is 2.05. The Morgan fingerprint density at radius 3 is 2.60 bits per heavy atom. The highest BCUT2D eigenvalue weighted by atomic mass is 127. The Morgan fingerprint density at radius 2 is 1.95 bits per heavy atom. The Kier molecular flexibility index (Phi) is 4.99. The van der Waals surface area contributed by atoms with Crippen molar-refractivity contribution in [1.82, 2.24) is 0 Å². The number of ether oxygens (including phenoxy) is 1. The van der Waals surface area contributed by atoms with Crippen molar-refractivity contribution < 1.29 is 4.74 Å². The molecule has 0 spiro atoms. The van der Waals surface area contributed by atoms with Crippen molar-refractivity contribution in [1.29, 1.82) is 0 Å². The van der Waals surface area contributed by atoms with Crippen LogP contribution in [-0.2, 0) is 0 Å². The van der Waals surface area contributed by atoms with Crippen molar-refractivity contribution in [2.45, 2.75) is 20.0 Å². The molecule has 0 atom stereocenters. The van der Waals surface area contributed by atoms with Gasteiger partial charge >= 0.3 is 0 Å². The van der Waals surface area contributed by atoms with Crippen LogP contribution >= 0.6 is 34.2 Å². The molecule has 0 radical (unpaired) electrons. The van der Waals surface area contributed by atoms with E-state index in [4.69, 9.17) is 22.1 Å². The van der Waals surface area contributed by atoms with Gasteiger partial charge in [0.2, 0.25) is 0 Å². The van der Waals surface area contributed by atoms with E-state index in [2.05, 4.69) is 27.9 Å². The molecule has 0 heterocycles. The number of halogens is 2. The second-order valence-electron chi connectivity index (χ2n) is 4.71. The molecule has 20 heavy (non-hydrogen) atoms. The predicted molar refractivity (Wildman–Crippen MR) is 94.1 cm³/mol. The molecule has 0 aromatic heterocycles. The molecule has 0 bridgehead atoms. The second kappa shape index (κ2) is 6.54. The molecule has 2 rings (SSSR count). The number of benzene rings is 2. The van der Waals surface area contributed by atoms with Crippen LogP contribution in [0, 0.1) is 3.57 Å². The summed E-state index contributed by atoms with van der Waals surface area (Å²) < 4.78 is 6.72. The van der Waals surface area contributed by atoms with Gasteiger partial charge in [-0.2, -0.15) is 0 Å². The van der Waals surface area contributed by atoms with Crippen LogP contribution in [0.2, 0.25) is 5.02 Å². The Morgan fingerprint density at radius 1 is 1.20 bits per heavy atom. The monoisotopic (exact) mass is 402 g/mol. The number of hydrogen-bond donors (Lipinski definition) is 2. The number of rotatable bonds is 4. The molecule has 3 nitrogen and oxygen atoms in total. The lowest BCUT2D eigenvalue weighted by molar-refractivity contribution is 0.242. The molecule has 2 aromatic carbocycles. The lowest BCUT2D eigenvalue weighted by Gasteiger charge is -2.14. The first-order chi connectivity index (χ1) is 9.44. The fourth-order valence-corrected chi connectivity index (χ4v) is 2.79. The molecule has 0 amide bonds. The number of nitrogens with two attached hydrogens (primary N) is 1. The third-order valence-electron chi connectivity index (χ3n) is 2.51. The zero-order valence-corrected chi connectivity index (χ0v) is 14.2. The van der Waals surface area contributed by atoms with Gasteiger partial charge in [0, 0.05) is 32.1 Å². The van der Waals surface area contributed by atoms with Crippen LogP contribution in [-0.4, -0.2) is 6.10 Å². The van der Waals surface area contributed by atoms with Crippen molar-refractivity contribution >= 4 is 51.3 Å². The maximum Gasteiger partial charge on any atom is 0.123 e. The van der Waals surface area contributed by atoms with Gasteiger partial charge in [-0.25, -0.2) is 0 Å². The molecule has 0 aliphatic rings. The Hall–Kier alpha value is -1.14. The maximum absolute atomic E-state index is 5.96. The smallest absolute Gasteiger partial charge is 0.123 e. The van der Waals surface area contributed by atoms with Gasteiger partial charge < -0.3 is 15.8 Å². The van der Waals surface area contributed by atoms with Crippen LogP contribution in [0.25, 0.3) is 0 Å². The van der Waals surface area contributed by atoms with E-state index in [1.54, 1.807) is 0 Å². The van der Waals surface area contributed by atoms with Crippen molar-refractivity contribution in [2.24, 2.45) is 0 Å². The van der Waals surface area contributed by atoms with Gasteiger partial charge in [0.1, 0.15) is 5.75 Å². The molecule has 0 saturated heterocycles. The minimum Gasteiger partial charge on any atom is -0.491 e. The van der Waals surface area contributed by atoms with Crippen LogP contribution < -0.4 is 15.8 Å². The Bertz CT molecular complexity index is 617. The number of hydrogen-bond acceptors (Lipinski definition) is 3. The number of nitrogen functional groups attached to an aromatic ring is 1. The third-order valence-corrected chi connectivity index (χ3v) is 3.64. The van der Waals surface area contributed by atoms with E-state index in [-0.39, 0.29) is 6.10 Å². The molecular formula is C15H16ClIN2O. The van der Waals surface area contributed by atoms with E-state index in [1.165, 1.54) is 0 Å². The first-order valence-electron chi connectivity index (χ1n) is 6.23. The SMILES string of the molecule is CC(C)Oc1cc(N)cc(Nc2ccc(Cl)cc2I)c1. The lowest BCUT2D eigenvalue weighted by Crippen LogP contribution is -2.06. The van der Waals surface area contributed by atoms with Crippen LogP contribution in [0.4, 0.5) is 17.1 Å². The highest BCUT2D eigenvalue weighted by Crippen LogP contribution is 2.29. The van der Waals surface area contributed by atoms with Gasteiger partial charge in [0.25, 0.3) is 0 Å².